The van der Waals surface area contributed by atoms with Gasteiger partial charge in [-0.05, 0) is 12.1 Å². The zero-order valence-corrected chi connectivity index (χ0v) is 16.9. The summed E-state index contributed by atoms with van der Waals surface area (Å²) in [4.78, 5) is 3.15. The van der Waals surface area contributed by atoms with Crippen LogP contribution in [0, 0.1) is 0 Å². The third-order valence-electron chi connectivity index (χ3n) is 4.42. The van der Waals surface area contributed by atoms with Crippen LogP contribution in [-0.2, 0) is 17.8 Å². The summed E-state index contributed by atoms with van der Waals surface area (Å²) in [6, 6.07) is 15.2. The predicted octanol–water partition coefficient (Wildman–Crippen LogP) is 4.38. The summed E-state index contributed by atoms with van der Waals surface area (Å²) in [7, 11) is 0. The van der Waals surface area contributed by atoms with Crippen LogP contribution in [0.25, 0.3) is 0 Å². The van der Waals surface area contributed by atoms with Crippen molar-refractivity contribution in [2.24, 2.45) is 0 Å². The number of nitrogens with zero attached hydrogens (tertiary/aromatic N) is 6. The van der Waals surface area contributed by atoms with Crippen molar-refractivity contribution in [2.75, 3.05) is 0 Å². The largest absolute Gasteiger partial charge is 0.361 e. The van der Waals surface area contributed by atoms with E-state index in [2.05, 4.69) is 20.4 Å². The molecule has 7 nitrogen and oxygen atoms in total. The summed E-state index contributed by atoms with van der Waals surface area (Å²) in [6.07, 6.45) is 5.69. The summed E-state index contributed by atoms with van der Waals surface area (Å²) < 4.78 is 6.56. The molecule has 0 radical (unpaired) electrons. The highest BCUT2D eigenvalue weighted by molar-refractivity contribution is 6.31. The smallest absolute Gasteiger partial charge is 0.106 e. The summed E-state index contributed by atoms with van der Waals surface area (Å²) in [5.74, 6) is 0. The van der Waals surface area contributed by atoms with Gasteiger partial charge in [0.2, 0.25) is 0 Å². The van der Waals surface area contributed by atoms with E-state index in [1.165, 1.54) is 0 Å². The molecule has 0 saturated carbocycles. The molecule has 0 aliphatic rings. The second-order valence-corrected chi connectivity index (χ2v) is 7.14. The number of aromatic nitrogens is 6. The molecule has 2 aromatic heterocycles. The fourth-order valence-electron chi connectivity index (χ4n) is 3.07. The number of hydrogen-bond acceptors (Lipinski definition) is 5. The van der Waals surface area contributed by atoms with Crippen LogP contribution in [0.2, 0.25) is 10.0 Å². The van der Waals surface area contributed by atoms with Crippen LogP contribution in [0.3, 0.4) is 0 Å². The van der Waals surface area contributed by atoms with Gasteiger partial charge in [0.1, 0.15) is 12.2 Å². The Balaban J connectivity index is 1.69. The Labute approximate surface area is 177 Å². The van der Waals surface area contributed by atoms with Gasteiger partial charge in [0.05, 0.1) is 37.9 Å². The van der Waals surface area contributed by atoms with E-state index in [0.29, 0.717) is 23.1 Å². The molecular weight excluding hydrogens is 411 g/mol. The highest BCUT2D eigenvalue weighted by atomic mass is 35.5. The van der Waals surface area contributed by atoms with Gasteiger partial charge in [-0.25, -0.2) is 0 Å². The van der Waals surface area contributed by atoms with Crippen LogP contribution in [-0.4, -0.2) is 30.0 Å². The summed E-state index contributed by atoms with van der Waals surface area (Å²) >= 11 is 13.0. The average molecular weight is 429 g/mol. The lowest BCUT2D eigenvalue weighted by Crippen LogP contribution is -2.22. The molecule has 2 heterocycles. The van der Waals surface area contributed by atoms with Crippen molar-refractivity contribution in [2.45, 2.75) is 25.3 Å². The van der Waals surface area contributed by atoms with Crippen LogP contribution >= 0.6 is 23.2 Å². The predicted molar refractivity (Wildman–Crippen MR) is 110 cm³/mol. The maximum absolute atomic E-state index is 6.56. The first-order valence-electron chi connectivity index (χ1n) is 9.03. The summed E-state index contributed by atoms with van der Waals surface area (Å²) in [5.41, 5.74) is 1.69. The first-order chi connectivity index (χ1) is 14.2. The molecule has 0 N–H and O–H groups in total. The van der Waals surface area contributed by atoms with Crippen molar-refractivity contribution in [1.82, 2.24) is 30.0 Å². The highest BCUT2D eigenvalue weighted by Crippen LogP contribution is 2.34. The van der Waals surface area contributed by atoms with Crippen molar-refractivity contribution in [1.29, 1.82) is 0 Å². The summed E-state index contributed by atoms with van der Waals surface area (Å²) in [6.45, 7) is 0.786. The molecule has 0 aliphatic carbocycles. The fraction of sp³-hybridized carbons (Fsp3) is 0.200. The second-order valence-electron chi connectivity index (χ2n) is 6.32. The average Bonchev–Trinajstić information content (AvgIpc) is 3.42. The van der Waals surface area contributed by atoms with E-state index in [4.69, 9.17) is 27.9 Å². The fourth-order valence-corrected chi connectivity index (χ4v) is 3.59. The van der Waals surface area contributed by atoms with Crippen LogP contribution in [0.1, 0.15) is 23.3 Å². The van der Waals surface area contributed by atoms with Gasteiger partial charge in [0, 0.05) is 21.2 Å². The number of ether oxygens (including phenoxy) is 1. The zero-order valence-electron chi connectivity index (χ0n) is 15.3. The molecule has 0 amide bonds. The van der Waals surface area contributed by atoms with Gasteiger partial charge >= 0.3 is 0 Å². The molecule has 2 unspecified atom stereocenters. The molecule has 2 atom stereocenters. The minimum absolute atomic E-state index is 0.393. The van der Waals surface area contributed by atoms with Gasteiger partial charge in [-0.2, -0.15) is 30.0 Å². The first-order valence-corrected chi connectivity index (χ1v) is 9.79. The number of halogens is 2. The quantitative estimate of drug-likeness (QED) is 0.416. The Hall–Kier alpha value is -2.74. The first kappa shape index (κ1) is 19.6. The molecule has 2 aromatic carbocycles. The topological polar surface area (TPSA) is 70.7 Å². The van der Waals surface area contributed by atoms with Gasteiger partial charge in [-0.15, -0.1) is 0 Å². The number of benzene rings is 2. The third-order valence-corrected chi connectivity index (χ3v) is 5.11. The Bertz CT molecular complexity index is 955. The molecule has 9 heteroatoms. The van der Waals surface area contributed by atoms with Crippen molar-refractivity contribution < 1.29 is 4.74 Å². The van der Waals surface area contributed by atoms with Gasteiger partial charge in [0.15, 0.2) is 0 Å². The van der Waals surface area contributed by atoms with E-state index in [1.54, 1.807) is 34.4 Å². The van der Waals surface area contributed by atoms with E-state index in [0.717, 1.165) is 11.1 Å². The Morgan fingerprint density at radius 1 is 0.655 bits per heavy atom. The van der Waals surface area contributed by atoms with Crippen LogP contribution in [0.5, 0.6) is 0 Å². The van der Waals surface area contributed by atoms with Crippen molar-refractivity contribution in [3.8, 4) is 0 Å². The van der Waals surface area contributed by atoms with Crippen molar-refractivity contribution in [3.05, 3.63) is 94.5 Å². The van der Waals surface area contributed by atoms with Crippen molar-refractivity contribution in [3.63, 3.8) is 0 Å². The second kappa shape index (κ2) is 9.17. The monoisotopic (exact) mass is 428 g/mol. The zero-order chi connectivity index (χ0) is 20.1. The molecular formula is C20H18Cl2N6O. The minimum Gasteiger partial charge on any atom is -0.361 e. The minimum atomic E-state index is -0.409. The molecule has 29 heavy (non-hydrogen) atoms. The molecule has 4 aromatic rings. The lowest BCUT2D eigenvalue weighted by atomic mass is 10.1. The maximum atomic E-state index is 6.56. The number of rotatable bonds is 8. The lowest BCUT2D eigenvalue weighted by molar-refractivity contribution is -0.0391. The van der Waals surface area contributed by atoms with E-state index in [9.17, 15) is 0 Å². The van der Waals surface area contributed by atoms with Crippen LogP contribution in [0.15, 0.2) is 73.3 Å². The molecule has 148 valence electrons. The molecule has 0 saturated heterocycles. The molecule has 0 bridgehead atoms. The van der Waals surface area contributed by atoms with E-state index < -0.39 is 12.2 Å². The Morgan fingerprint density at radius 2 is 1.03 bits per heavy atom. The lowest BCUT2D eigenvalue weighted by Gasteiger charge is -2.26. The molecule has 0 spiro atoms. The molecule has 0 fully saturated rings. The SMILES string of the molecule is Clc1ccccc1C(Cn1nccn1)OC(Cn1nccn1)c1ccccc1Cl. The van der Waals surface area contributed by atoms with Gasteiger partial charge in [0.25, 0.3) is 0 Å². The van der Waals surface area contributed by atoms with Gasteiger partial charge in [-0.3, -0.25) is 0 Å². The van der Waals surface area contributed by atoms with E-state index >= 15 is 0 Å². The molecule has 0 aliphatic heterocycles. The summed E-state index contributed by atoms with van der Waals surface area (Å²) in [5, 5.41) is 18.1. The Kier molecular flexibility index (Phi) is 6.19. The van der Waals surface area contributed by atoms with Crippen molar-refractivity contribution >= 4 is 23.2 Å². The Morgan fingerprint density at radius 3 is 1.41 bits per heavy atom. The van der Waals surface area contributed by atoms with Gasteiger partial charge < -0.3 is 4.74 Å². The standard InChI is InChI=1S/C20H18Cl2N6O/c21-17-7-3-1-5-15(17)19(13-27-23-9-10-24-27)29-20(14-28-25-11-12-26-28)16-6-2-4-8-18(16)22/h1-12,19-20H,13-14H2. The third kappa shape index (κ3) is 4.82. The normalized spacial score (nSPS) is 13.3. The van der Waals surface area contributed by atoms with Crippen LogP contribution in [0.4, 0.5) is 0 Å². The van der Waals surface area contributed by atoms with E-state index in [-0.39, 0.29) is 0 Å². The molecule has 4 rings (SSSR count). The van der Waals surface area contributed by atoms with Crippen LogP contribution < -0.4 is 0 Å². The highest BCUT2D eigenvalue weighted by Gasteiger charge is 2.25. The van der Waals surface area contributed by atoms with Gasteiger partial charge in [-0.1, -0.05) is 59.6 Å². The van der Waals surface area contributed by atoms with E-state index in [1.807, 2.05) is 48.5 Å². The maximum Gasteiger partial charge on any atom is 0.106 e. The number of hydrogen-bond donors (Lipinski definition) is 0.